The molecule has 0 heterocycles. The average Bonchev–Trinajstić information content (AvgIpc) is 2.44. The second-order valence-electron chi connectivity index (χ2n) is 4.72. The van der Waals surface area contributed by atoms with Crippen molar-refractivity contribution in [2.75, 3.05) is 20.7 Å². The van der Waals surface area contributed by atoms with Crippen molar-refractivity contribution < 1.29 is 9.53 Å². The van der Waals surface area contributed by atoms with Gasteiger partial charge in [-0.25, -0.2) is 0 Å². The number of likely N-dealkylation sites (N-methyl/N-ethyl adjacent to an activating group) is 1. The van der Waals surface area contributed by atoms with E-state index in [1.54, 1.807) is 19.1 Å². The van der Waals surface area contributed by atoms with Crippen molar-refractivity contribution in [3.05, 3.63) is 29.8 Å². The second-order valence-corrected chi connectivity index (χ2v) is 4.72. The lowest BCUT2D eigenvalue weighted by atomic mass is 10.1. The van der Waals surface area contributed by atoms with E-state index in [2.05, 4.69) is 0 Å². The highest BCUT2D eigenvalue weighted by Crippen LogP contribution is 2.17. The van der Waals surface area contributed by atoms with Crippen LogP contribution in [0.2, 0.25) is 0 Å². The summed E-state index contributed by atoms with van der Waals surface area (Å²) in [4.78, 5) is 13.7. The predicted octanol–water partition coefficient (Wildman–Crippen LogP) is 1.82. The predicted molar refractivity (Wildman–Crippen MR) is 77.2 cm³/mol. The van der Waals surface area contributed by atoms with E-state index in [4.69, 9.17) is 10.5 Å². The van der Waals surface area contributed by atoms with Crippen LogP contribution in [0.25, 0.3) is 0 Å². The topological polar surface area (TPSA) is 55.6 Å². The van der Waals surface area contributed by atoms with Gasteiger partial charge in [0.15, 0.2) is 0 Å². The third-order valence-corrected chi connectivity index (χ3v) is 3.20. The first kappa shape index (κ1) is 15.5. The highest BCUT2D eigenvalue weighted by atomic mass is 16.5. The molecule has 1 unspecified atom stereocenters. The van der Waals surface area contributed by atoms with Crippen molar-refractivity contribution in [3.8, 4) is 5.75 Å². The van der Waals surface area contributed by atoms with Crippen LogP contribution in [0.3, 0.4) is 0 Å². The lowest BCUT2D eigenvalue weighted by molar-refractivity contribution is -0.131. The number of ether oxygens (including phenoxy) is 1. The van der Waals surface area contributed by atoms with Gasteiger partial charge in [0.05, 0.1) is 13.2 Å². The van der Waals surface area contributed by atoms with E-state index < -0.39 is 0 Å². The molecule has 1 rings (SSSR count). The number of amides is 1. The van der Waals surface area contributed by atoms with Crippen LogP contribution in [0.5, 0.6) is 5.75 Å². The van der Waals surface area contributed by atoms with Crippen molar-refractivity contribution in [2.24, 2.45) is 5.73 Å². The number of rotatable bonds is 7. The molecule has 1 amide bonds. The highest BCUT2D eigenvalue weighted by molar-refractivity contribution is 5.81. The third kappa shape index (κ3) is 4.56. The molecular formula is C15H24N2O2. The maximum absolute atomic E-state index is 12.0. The molecule has 0 bridgehead atoms. The molecule has 0 saturated heterocycles. The Hall–Kier alpha value is -1.55. The van der Waals surface area contributed by atoms with E-state index in [1.807, 2.05) is 31.2 Å². The number of carbonyl (C=O) groups is 1. The van der Waals surface area contributed by atoms with Crippen LogP contribution in [0.15, 0.2) is 24.3 Å². The first-order chi connectivity index (χ1) is 9.10. The molecule has 19 heavy (non-hydrogen) atoms. The number of hydrogen-bond donors (Lipinski definition) is 1. The fourth-order valence-electron chi connectivity index (χ4n) is 2.03. The van der Waals surface area contributed by atoms with Crippen molar-refractivity contribution in [2.45, 2.75) is 32.2 Å². The van der Waals surface area contributed by atoms with Crippen LogP contribution < -0.4 is 10.5 Å². The standard InChI is InChI=1S/C15H24N2O2/c1-4-7-13(16)15(18)17(2)11-10-12-8-5-6-9-14(12)19-3/h5-6,8-9,13H,4,7,10-11,16H2,1-3H3. The lowest BCUT2D eigenvalue weighted by Crippen LogP contribution is -2.42. The Morgan fingerprint density at radius 3 is 2.74 bits per heavy atom. The van der Waals surface area contributed by atoms with Crippen LogP contribution in [-0.2, 0) is 11.2 Å². The molecular weight excluding hydrogens is 240 g/mol. The first-order valence-electron chi connectivity index (χ1n) is 6.72. The van der Waals surface area contributed by atoms with E-state index in [1.165, 1.54) is 0 Å². The summed E-state index contributed by atoms with van der Waals surface area (Å²) in [5.74, 6) is 0.873. The molecule has 0 spiro atoms. The van der Waals surface area contributed by atoms with Gasteiger partial charge in [0.25, 0.3) is 0 Å². The number of hydrogen-bond acceptors (Lipinski definition) is 3. The second kappa shape index (κ2) is 7.79. The Morgan fingerprint density at radius 1 is 1.42 bits per heavy atom. The fraction of sp³-hybridized carbons (Fsp3) is 0.533. The summed E-state index contributed by atoms with van der Waals surface area (Å²) >= 11 is 0. The van der Waals surface area contributed by atoms with Crippen LogP contribution in [0.4, 0.5) is 0 Å². The molecule has 4 heteroatoms. The van der Waals surface area contributed by atoms with Gasteiger partial charge >= 0.3 is 0 Å². The van der Waals surface area contributed by atoms with E-state index in [-0.39, 0.29) is 11.9 Å². The van der Waals surface area contributed by atoms with Gasteiger partial charge in [0.1, 0.15) is 5.75 Å². The van der Waals surface area contributed by atoms with Crippen LogP contribution >= 0.6 is 0 Å². The molecule has 0 aromatic heterocycles. The molecule has 1 aromatic rings. The number of para-hydroxylation sites is 1. The average molecular weight is 264 g/mol. The lowest BCUT2D eigenvalue weighted by Gasteiger charge is -2.21. The molecule has 106 valence electrons. The Morgan fingerprint density at radius 2 is 2.11 bits per heavy atom. The van der Waals surface area contributed by atoms with Crippen molar-refractivity contribution >= 4 is 5.91 Å². The van der Waals surface area contributed by atoms with E-state index in [0.29, 0.717) is 6.54 Å². The molecule has 0 aliphatic heterocycles. The monoisotopic (exact) mass is 264 g/mol. The zero-order valence-electron chi connectivity index (χ0n) is 12.1. The van der Waals surface area contributed by atoms with Crippen LogP contribution in [0.1, 0.15) is 25.3 Å². The summed E-state index contributed by atoms with van der Waals surface area (Å²) in [5.41, 5.74) is 6.94. The largest absolute Gasteiger partial charge is 0.496 e. The summed E-state index contributed by atoms with van der Waals surface area (Å²) < 4.78 is 5.30. The summed E-state index contributed by atoms with van der Waals surface area (Å²) in [6.45, 7) is 2.68. The van der Waals surface area contributed by atoms with Crippen molar-refractivity contribution in [1.29, 1.82) is 0 Å². The van der Waals surface area contributed by atoms with Gasteiger partial charge in [-0.15, -0.1) is 0 Å². The SMILES string of the molecule is CCCC(N)C(=O)N(C)CCc1ccccc1OC. The molecule has 4 nitrogen and oxygen atoms in total. The number of carbonyl (C=O) groups excluding carboxylic acids is 1. The van der Waals surface area contributed by atoms with Gasteiger partial charge < -0.3 is 15.4 Å². The van der Waals surface area contributed by atoms with Gasteiger partial charge in [-0.1, -0.05) is 31.5 Å². The van der Waals surface area contributed by atoms with Crippen molar-refractivity contribution in [3.63, 3.8) is 0 Å². The van der Waals surface area contributed by atoms with E-state index >= 15 is 0 Å². The number of benzene rings is 1. The molecule has 0 fully saturated rings. The molecule has 0 aliphatic rings. The first-order valence-corrected chi connectivity index (χ1v) is 6.72. The smallest absolute Gasteiger partial charge is 0.239 e. The molecule has 1 atom stereocenters. The minimum atomic E-state index is -0.382. The van der Waals surface area contributed by atoms with Gasteiger partial charge in [-0.05, 0) is 24.5 Å². The quantitative estimate of drug-likeness (QED) is 0.817. The molecule has 0 radical (unpaired) electrons. The van der Waals surface area contributed by atoms with Crippen LogP contribution in [-0.4, -0.2) is 37.6 Å². The normalized spacial score (nSPS) is 12.0. The van der Waals surface area contributed by atoms with Crippen LogP contribution in [0, 0.1) is 0 Å². The minimum absolute atomic E-state index is 0.0109. The van der Waals surface area contributed by atoms with Gasteiger partial charge in [0, 0.05) is 13.6 Å². The third-order valence-electron chi connectivity index (χ3n) is 3.20. The molecule has 2 N–H and O–H groups in total. The molecule has 0 saturated carbocycles. The van der Waals surface area contributed by atoms with Gasteiger partial charge in [0.2, 0.25) is 5.91 Å². The van der Waals surface area contributed by atoms with Crippen molar-refractivity contribution in [1.82, 2.24) is 4.90 Å². The summed E-state index contributed by atoms with van der Waals surface area (Å²) in [6, 6.07) is 7.48. The Bertz CT molecular complexity index is 407. The van der Waals surface area contributed by atoms with E-state index in [0.717, 1.165) is 30.6 Å². The zero-order valence-corrected chi connectivity index (χ0v) is 12.1. The summed E-state index contributed by atoms with van der Waals surface area (Å²) in [7, 11) is 3.46. The fourth-order valence-corrected chi connectivity index (χ4v) is 2.03. The number of methoxy groups -OCH3 is 1. The van der Waals surface area contributed by atoms with Gasteiger partial charge in [-0.3, -0.25) is 4.79 Å². The number of nitrogens with zero attached hydrogens (tertiary/aromatic N) is 1. The maximum atomic E-state index is 12.0. The minimum Gasteiger partial charge on any atom is -0.496 e. The summed E-state index contributed by atoms with van der Waals surface area (Å²) in [5, 5.41) is 0. The van der Waals surface area contributed by atoms with Gasteiger partial charge in [-0.2, -0.15) is 0 Å². The number of nitrogens with two attached hydrogens (primary N) is 1. The summed E-state index contributed by atoms with van der Waals surface area (Å²) in [6.07, 6.45) is 2.43. The zero-order chi connectivity index (χ0) is 14.3. The molecule has 0 aliphatic carbocycles. The Kier molecular flexibility index (Phi) is 6.36. The Balaban J connectivity index is 2.54. The van der Waals surface area contributed by atoms with E-state index in [9.17, 15) is 4.79 Å². The Labute approximate surface area is 115 Å². The molecule has 1 aromatic carbocycles. The maximum Gasteiger partial charge on any atom is 0.239 e. The highest BCUT2D eigenvalue weighted by Gasteiger charge is 2.17.